The number of fused-ring (bicyclic) bond motifs is 2. The summed E-state index contributed by atoms with van der Waals surface area (Å²) in [5.74, 6) is 1.40. The van der Waals surface area contributed by atoms with Crippen molar-refractivity contribution in [3.05, 3.63) is 41.9 Å². The zero-order chi connectivity index (χ0) is 21.5. The largest absolute Gasteiger partial charge is 0.495 e. The van der Waals surface area contributed by atoms with E-state index in [9.17, 15) is 0 Å². The molecule has 0 saturated carbocycles. The summed E-state index contributed by atoms with van der Waals surface area (Å²) >= 11 is 1.72. The second-order valence-electron chi connectivity index (χ2n) is 8.43. The van der Waals surface area contributed by atoms with Gasteiger partial charge in [0.25, 0.3) is 0 Å². The number of nitrogens with zero attached hydrogens (tertiary/aromatic N) is 4. The van der Waals surface area contributed by atoms with Gasteiger partial charge in [-0.2, -0.15) is 5.10 Å². The number of aromatic nitrogens is 3. The Morgan fingerprint density at radius 1 is 1.29 bits per heavy atom. The predicted molar refractivity (Wildman–Crippen MR) is 127 cm³/mol. The number of ether oxygens (including phenoxy) is 1. The highest BCUT2D eigenvalue weighted by atomic mass is 32.1. The normalized spacial score (nSPS) is 17.6. The fourth-order valence-corrected chi connectivity index (χ4v) is 5.73. The van der Waals surface area contributed by atoms with Gasteiger partial charge in [-0.05, 0) is 62.5 Å². The minimum atomic E-state index is 0.489. The van der Waals surface area contributed by atoms with Crippen LogP contribution in [0, 0.1) is 6.92 Å². The average molecular weight is 437 g/mol. The maximum absolute atomic E-state index is 6.32. The molecule has 0 bridgehead atoms. The lowest BCUT2D eigenvalue weighted by molar-refractivity contribution is 0.226. The van der Waals surface area contributed by atoms with Gasteiger partial charge in [0, 0.05) is 29.6 Å². The van der Waals surface area contributed by atoms with Gasteiger partial charge in [0.1, 0.15) is 17.6 Å². The zero-order valence-corrected chi connectivity index (χ0v) is 19.0. The Bertz CT molecular complexity index is 1250. The molecule has 7 nitrogen and oxygen atoms in total. The van der Waals surface area contributed by atoms with E-state index in [4.69, 9.17) is 10.5 Å². The average Bonchev–Trinajstić information content (AvgIpc) is 3.34. The van der Waals surface area contributed by atoms with E-state index in [1.807, 2.05) is 4.52 Å². The monoisotopic (exact) mass is 436 g/mol. The molecule has 162 valence electrons. The smallest absolute Gasteiger partial charge is 0.152 e. The van der Waals surface area contributed by atoms with Crippen LogP contribution >= 0.6 is 11.3 Å². The van der Waals surface area contributed by atoms with Crippen LogP contribution in [0.2, 0.25) is 0 Å². The lowest BCUT2D eigenvalue weighted by atomic mass is 10.1. The summed E-state index contributed by atoms with van der Waals surface area (Å²) in [7, 11) is 3.91. The fraction of sp³-hybridized carbons (Fsp3) is 0.391. The number of hydrogen-bond acceptors (Lipinski definition) is 7. The molecule has 4 aromatic rings. The second-order valence-corrected chi connectivity index (χ2v) is 9.49. The van der Waals surface area contributed by atoms with Crippen molar-refractivity contribution < 1.29 is 4.74 Å². The molecular weight excluding hydrogens is 408 g/mol. The molecule has 5 rings (SSSR count). The molecule has 4 heterocycles. The van der Waals surface area contributed by atoms with Gasteiger partial charge in [-0.25, -0.2) is 9.50 Å². The minimum Gasteiger partial charge on any atom is -0.495 e. The Labute approximate surface area is 185 Å². The van der Waals surface area contributed by atoms with Gasteiger partial charge >= 0.3 is 0 Å². The van der Waals surface area contributed by atoms with E-state index in [1.165, 1.54) is 36.7 Å². The standard InChI is InChI=1S/C23H28N6OS/c1-14-7-15-9-20(31-22(15)19(8-14)30-3)18-10-17(29-21(18)23(24)26-13-27-29)11-25-16-5-4-6-28(2)12-16/h7-10,13,16,25H,4-6,11-12H2,1-3H3,(H2,24,26,27). The van der Waals surface area contributed by atoms with E-state index < -0.39 is 0 Å². The number of benzene rings is 1. The summed E-state index contributed by atoms with van der Waals surface area (Å²) in [5, 5.41) is 9.42. The molecule has 3 N–H and O–H groups in total. The lowest BCUT2D eigenvalue weighted by Gasteiger charge is -2.30. The molecule has 1 fully saturated rings. The van der Waals surface area contributed by atoms with Gasteiger partial charge in [-0.3, -0.25) is 0 Å². The third-order valence-electron chi connectivity index (χ3n) is 6.06. The van der Waals surface area contributed by atoms with Gasteiger partial charge in [-0.15, -0.1) is 11.3 Å². The second kappa shape index (κ2) is 8.11. The Balaban J connectivity index is 1.55. The van der Waals surface area contributed by atoms with Crippen LogP contribution in [-0.2, 0) is 6.54 Å². The number of piperidine rings is 1. The Kier molecular flexibility index (Phi) is 5.29. The van der Waals surface area contributed by atoms with Gasteiger partial charge in [0.2, 0.25) is 0 Å². The van der Waals surface area contributed by atoms with E-state index in [0.29, 0.717) is 11.9 Å². The third-order valence-corrected chi connectivity index (χ3v) is 7.26. The van der Waals surface area contributed by atoms with Gasteiger partial charge in [-0.1, -0.05) is 6.07 Å². The van der Waals surface area contributed by atoms with Gasteiger partial charge in [0.05, 0.1) is 17.5 Å². The van der Waals surface area contributed by atoms with Crippen LogP contribution in [0.4, 0.5) is 5.82 Å². The summed E-state index contributed by atoms with van der Waals surface area (Å²) in [4.78, 5) is 7.79. The topological polar surface area (TPSA) is 80.7 Å². The highest BCUT2D eigenvalue weighted by Gasteiger charge is 2.20. The number of hydrogen-bond donors (Lipinski definition) is 2. The number of anilines is 1. The summed E-state index contributed by atoms with van der Waals surface area (Å²) in [6, 6.07) is 9.17. The molecule has 1 aromatic carbocycles. The van der Waals surface area contributed by atoms with E-state index in [2.05, 4.69) is 58.5 Å². The van der Waals surface area contributed by atoms with E-state index in [1.54, 1.807) is 18.4 Å². The summed E-state index contributed by atoms with van der Waals surface area (Å²) in [5.41, 5.74) is 10.5. The van der Waals surface area contributed by atoms with Crippen LogP contribution in [-0.4, -0.2) is 52.8 Å². The van der Waals surface area contributed by atoms with Crippen molar-refractivity contribution in [2.45, 2.75) is 32.4 Å². The molecule has 1 saturated heterocycles. The van der Waals surface area contributed by atoms with Crippen LogP contribution in [0.15, 0.2) is 30.6 Å². The molecule has 0 spiro atoms. The molecule has 0 radical (unpaired) electrons. The lowest BCUT2D eigenvalue weighted by Crippen LogP contribution is -2.43. The molecule has 8 heteroatoms. The highest BCUT2D eigenvalue weighted by Crippen LogP contribution is 2.42. The fourth-order valence-electron chi connectivity index (χ4n) is 4.58. The summed E-state index contributed by atoms with van der Waals surface area (Å²) < 4.78 is 8.71. The first kappa shape index (κ1) is 20.2. The summed E-state index contributed by atoms with van der Waals surface area (Å²) in [6.45, 7) is 5.08. The first-order valence-corrected chi connectivity index (χ1v) is 11.5. The maximum atomic E-state index is 6.32. The van der Waals surface area contributed by atoms with Crippen LogP contribution in [0.3, 0.4) is 0 Å². The van der Waals surface area contributed by atoms with Crippen molar-refractivity contribution in [3.8, 4) is 16.2 Å². The number of nitrogens with two attached hydrogens (primary N) is 1. The number of thiophene rings is 1. The zero-order valence-electron chi connectivity index (χ0n) is 18.2. The molecule has 1 atom stereocenters. The van der Waals surface area contributed by atoms with Crippen LogP contribution in [0.25, 0.3) is 26.0 Å². The van der Waals surface area contributed by atoms with E-state index in [-0.39, 0.29) is 0 Å². The Morgan fingerprint density at radius 3 is 2.97 bits per heavy atom. The number of nitrogen functional groups attached to an aromatic ring is 1. The Hall–Kier alpha value is -2.68. The quantitative estimate of drug-likeness (QED) is 0.497. The number of methoxy groups -OCH3 is 1. The maximum Gasteiger partial charge on any atom is 0.152 e. The highest BCUT2D eigenvalue weighted by molar-refractivity contribution is 7.22. The van der Waals surface area contributed by atoms with Crippen molar-refractivity contribution in [3.63, 3.8) is 0 Å². The first-order valence-electron chi connectivity index (χ1n) is 10.6. The molecule has 0 aliphatic carbocycles. The van der Waals surface area contributed by atoms with Crippen LogP contribution in [0.1, 0.15) is 24.1 Å². The van der Waals surface area contributed by atoms with Crippen molar-refractivity contribution in [2.24, 2.45) is 0 Å². The van der Waals surface area contributed by atoms with Crippen molar-refractivity contribution >= 4 is 32.8 Å². The number of aryl methyl sites for hydroxylation is 1. The van der Waals surface area contributed by atoms with Crippen molar-refractivity contribution in [1.29, 1.82) is 0 Å². The molecule has 31 heavy (non-hydrogen) atoms. The third kappa shape index (κ3) is 3.75. The van der Waals surface area contributed by atoms with Crippen LogP contribution < -0.4 is 15.8 Å². The molecule has 1 unspecified atom stereocenters. The molecule has 1 aliphatic heterocycles. The van der Waals surface area contributed by atoms with Gasteiger partial charge < -0.3 is 20.7 Å². The predicted octanol–water partition coefficient (Wildman–Crippen LogP) is 3.69. The number of likely N-dealkylation sites (tertiary alicyclic amines) is 1. The first-order chi connectivity index (χ1) is 15.0. The molecular formula is C23H28N6OS. The van der Waals surface area contributed by atoms with Crippen molar-refractivity contribution in [1.82, 2.24) is 24.8 Å². The number of likely N-dealkylation sites (N-methyl/N-ethyl adjacent to an activating group) is 1. The van der Waals surface area contributed by atoms with E-state index in [0.717, 1.165) is 45.2 Å². The molecule has 3 aromatic heterocycles. The molecule has 0 amide bonds. The Morgan fingerprint density at radius 2 is 2.16 bits per heavy atom. The van der Waals surface area contributed by atoms with E-state index >= 15 is 0 Å². The van der Waals surface area contributed by atoms with Gasteiger partial charge in [0.15, 0.2) is 5.82 Å². The van der Waals surface area contributed by atoms with Crippen molar-refractivity contribution in [2.75, 3.05) is 33.0 Å². The SMILES string of the molecule is COc1cc(C)cc2cc(-c3cc(CNC4CCCN(C)C4)n4ncnc(N)c34)sc12. The number of rotatable bonds is 5. The summed E-state index contributed by atoms with van der Waals surface area (Å²) in [6.07, 6.45) is 3.96. The van der Waals surface area contributed by atoms with Crippen LogP contribution in [0.5, 0.6) is 5.75 Å². The number of nitrogens with one attached hydrogen (secondary N) is 1. The molecule has 1 aliphatic rings. The minimum absolute atomic E-state index is 0.489.